The van der Waals surface area contributed by atoms with Gasteiger partial charge in [-0.3, -0.25) is 37.3 Å². The minimum absolute atomic E-state index is 0.102. The van der Waals surface area contributed by atoms with Gasteiger partial charge in [-0.1, -0.05) is 286 Å². The maximum Gasteiger partial charge on any atom is 0.472 e. The third kappa shape index (κ3) is 60.9. The molecule has 0 aromatic rings. The molecule has 0 aromatic heterocycles. The summed E-state index contributed by atoms with van der Waals surface area (Å²) in [6.07, 6.45) is 43.2. The summed E-state index contributed by atoms with van der Waals surface area (Å²) >= 11 is 0. The first kappa shape index (κ1) is 84.1. The van der Waals surface area contributed by atoms with Gasteiger partial charge in [-0.2, -0.15) is 0 Å². The monoisotopic (exact) mass is 1270 g/mol. The number of ether oxygens (including phenoxy) is 4. The molecule has 3 N–H and O–H groups in total. The first-order valence-electron chi connectivity index (χ1n) is 35.0. The van der Waals surface area contributed by atoms with E-state index in [0.29, 0.717) is 31.6 Å². The molecular formula is C67H130O17P2. The minimum Gasteiger partial charge on any atom is -0.462 e. The second kappa shape index (κ2) is 59.4. The van der Waals surface area contributed by atoms with Crippen molar-refractivity contribution in [1.29, 1.82) is 0 Å². The molecule has 19 heteroatoms. The molecule has 86 heavy (non-hydrogen) atoms. The van der Waals surface area contributed by atoms with Crippen LogP contribution in [-0.2, 0) is 65.4 Å². The molecule has 0 heterocycles. The highest BCUT2D eigenvalue weighted by Crippen LogP contribution is 2.45. The van der Waals surface area contributed by atoms with Gasteiger partial charge in [0.25, 0.3) is 0 Å². The van der Waals surface area contributed by atoms with Crippen molar-refractivity contribution >= 4 is 39.5 Å². The number of aliphatic hydroxyl groups is 1. The average Bonchev–Trinajstić information content (AvgIpc) is 3.68. The number of hydrogen-bond acceptors (Lipinski definition) is 15. The SMILES string of the molecule is CCCCCCCCCCCCCCCCC(=O)OC[C@H](COP(=O)(O)OC[C@@H](O)COP(=O)(O)OC[C@@H](COC(=O)CCCCCCCCCCC)OC(=O)CCCCCCCCC(C)C)OC(=O)CCCCCCCCCCCCCC(C)C. The van der Waals surface area contributed by atoms with Gasteiger partial charge in [0.2, 0.25) is 0 Å². The Balaban J connectivity index is 5.22. The molecule has 0 aliphatic heterocycles. The fraction of sp³-hybridized carbons (Fsp3) is 0.940. The summed E-state index contributed by atoms with van der Waals surface area (Å²) < 4.78 is 68.1. The highest BCUT2D eigenvalue weighted by Gasteiger charge is 2.30. The summed E-state index contributed by atoms with van der Waals surface area (Å²) in [7, 11) is -9.89. The molecule has 0 rings (SSSR count). The zero-order chi connectivity index (χ0) is 63.6. The van der Waals surface area contributed by atoms with Crippen LogP contribution in [0.4, 0.5) is 0 Å². The molecule has 17 nitrogen and oxygen atoms in total. The largest absolute Gasteiger partial charge is 0.472 e. The molecule has 510 valence electrons. The normalized spacial score (nSPS) is 14.2. The van der Waals surface area contributed by atoms with Gasteiger partial charge in [-0.05, 0) is 37.5 Å². The molecule has 0 amide bonds. The lowest BCUT2D eigenvalue weighted by Gasteiger charge is -2.21. The Morgan fingerprint density at radius 2 is 0.535 bits per heavy atom. The Labute approximate surface area is 524 Å². The molecule has 0 spiro atoms. The number of unbranched alkanes of at least 4 members (excludes halogenated alkanes) is 36. The summed E-state index contributed by atoms with van der Waals surface area (Å²) in [4.78, 5) is 72.3. The minimum atomic E-state index is -4.95. The number of esters is 4. The zero-order valence-electron chi connectivity index (χ0n) is 55.6. The highest BCUT2D eigenvalue weighted by atomic mass is 31.2. The van der Waals surface area contributed by atoms with Gasteiger partial charge in [0.1, 0.15) is 19.3 Å². The summed E-state index contributed by atoms with van der Waals surface area (Å²) in [5, 5.41) is 10.6. The number of aliphatic hydroxyl groups excluding tert-OH is 1. The second-order valence-corrected chi connectivity index (χ2v) is 28.1. The van der Waals surface area contributed by atoms with Gasteiger partial charge >= 0.3 is 39.5 Å². The maximum atomic E-state index is 13.0. The standard InChI is InChI=1S/C67H130O17P2/c1-7-9-11-13-15-17-18-19-20-23-27-31-38-44-50-65(70)78-55-62(83-66(71)51-45-39-32-28-24-21-22-26-29-35-41-47-59(3)4)57-81-85(73,74)79-53-61(68)54-80-86(75,76)82-58-63(84-67(72)52-46-40-34-33-36-42-48-60(5)6)56-77-64(69)49-43-37-30-25-16-14-12-10-8-2/h59-63,68H,7-58H2,1-6H3,(H,73,74)(H,75,76)/t61-,62-,63-/m1/s1. The van der Waals surface area contributed by atoms with Gasteiger partial charge in [0, 0.05) is 25.7 Å². The lowest BCUT2D eigenvalue weighted by molar-refractivity contribution is -0.161. The predicted molar refractivity (Wildman–Crippen MR) is 345 cm³/mol. The van der Waals surface area contributed by atoms with Crippen molar-refractivity contribution in [2.45, 2.75) is 355 Å². The van der Waals surface area contributed by atoms with Gasteiger partial charge < -0.3 is 33.8 Å². The van der Waals surface area contributed by atoms with E-state index in [-0.39, 0.29) is 25.7 Å². The van der Waals surface area contributed by atoms with E-state index in [9.17, 15) is 43.2 Å². The second-order valence-electron chi connectivity index (χ2n) is 25.2. The first-order chi connectivity index (χ1) is 41.4. The smallest absolute Gasteiger partial charge is 0.462 e. The number of phosphoric acid groups is 2. The fourth-order valence-corrected chi connectivity index (χ4v) is 11.6. The lowest BCUT2D eigenvalue weighted by Crippen LogP contribution is -2.30. The van der Waals surface area contributed by atoms with Gasteiger partial charge in [0.05, 0.1) is 26.4 Å². The number of carbonyl (C=O) groups is 4. The molecule has 0 radical (unpaired) electrons. The molecule has 0 fully saturated rings. The summed E-state index contributed by atoms with van der Waals surface area (Å²) in [5.41, 5.74) is 0. The maximum absolute atomic E-state index is 13.0. The van der Waals surface area contributed by atoms with E-state index < -0.39 is 97.5 Å². The lowest BCUT2D eigenvalue weighted by atomic mass is 10.0. The van der Waals surface area contributed by atoms with Gasteiger partial charge in [-0.15, -0.1) is 0 Å². The van der Waals surface area contributed by atoms with Crippen LogP contribution < -0.4 is 0 Å². The number of rotatable bonds is 66. The molecule has 0 bridgehead atoms. The fourth-order valence-electron chi connectivity index (χ4n) is 10.1. The number of phosphoric ester groups is 2. The van der Waals surface area contributed by atoms with Crippen LogP contribution in [0.25, 0.3) is 0 Å². The third-order valence-corrected chi connectivity index (χ3v) is 17.4. The molecule has 5 atom stereocenters. The van der Waals surface area contributed by atoms with Crippen molar-refractivity contribution in [2.24, 2.45) is 11.8 Å². The van der Waals surface area contributed by atoms with E-state index in [1.165, 1.54) is 154 Å². The van der Waals surface area contributed by atoms with Crippen LogP contribution in [0.15, 0.2) is 0 Å². The van der Waals surface area contributed by atoms with E-state index in [0.717, 1.165) is 95.8 Å². The predicted octanol–water partition coefficient (Wildman–Crippen LogP) is 18.8. The molecule has 0 saturated carbocycles. The van der Waals surface area contributed by atoms with E-state index in [1.54, 1.807) is 0 Å². The van der Waals surface area contributed by atoms with Crippen LogP contribution >= 0.6 is 15.6 Å². The summed E-state index contributed by atoms with van der Waals surface area (Å²) in [6, 6.07) is 0. The van der Waals surface area contributed by atoms with Crippen molar-refractivity contribution in [1.82, 2.24) is 0 Å². The first-order valence-corrected chi connectivity index (χ1v) is 38.0. The van der Waals surface area contributed by atoms with E-state index in [4.69, 9.17) is 37.0 Å². The molecule has 0 aromatic carbocycles. The van der Waals surface area contributed by atoms with E-state index in [2.05, 4.69) is 41.5 Å². The van der Waals surface area contributed by atoms with Crippen LogP contribution in [0, 0.1) is 11.8 Å². The average molecular weight is 1270 g/mol. The third-order valence-electron chi connectivity index (χ3n) is 15.5. The Hall–Kier alpha value is -1.94. The molecule has 0 saturated heterocycles. The molecule has 2 unspecified atom stereocenters. The van der Waals surface area contributed by atoms with Crippen molar-refractivity contribution in [3.63, 3.8) is 0 Å². The number of carbonyl (C=O) groups excluding carboxylic acids is 4. The quantitative estimate of drug-likeness (QED) is 0.0222. The van der Waals surface area contributed by atoms with Crippen molar-refractivity contribution < 1.29 is 80.2 Å². The molecule has 0 aliphatic carbocycles. The Kier molecular flexibility index (Phi) is 58.0. The Morgan fingerprint density at radius 1 is 0.314 bits per heavy atom. The van der Waals surface area contributed by atoms with Crippen LogP contribution in [0.3, 0.4) is 0 Å². The molecule has 0 aliphatic rings. The van der Waals surface area contributed by atoms with E-state index >= 15 is 0 Å². The topological polar surface area (TPSA) is 237 Å². The Bertz CT molecular complexity index is 1680. The van der Waals surface area contributed by atoms with Crippen LogP contribution in [-0.4, -0.2) is 96.7 Å². The summed E-state index contributed by atoms with van der Waals surface area (Å²) in [6.45, 7) is 9.42. The van der Waals surface area contributed by atoms with Crippen LogP contribution in [0.2, 0.25) is 0 Å². The zero-order valence-corrected chi connectivity index (χ0v) is 57.4. The van der Waals surface area contributed by atoms with Gasteiger partial charge in [-0.25, -0.2) is 9.13 Å². The van der Waals surface area contributed by atoms with E-state index in [1.807, 2.05) is 0 Å². The van der Waals surface area contributed by atoms with Crippen LogP contribution in [0.1, 0.15) is 337 Å². The molecular weight excluding hydrogens is 1140 g/mol. The van der Waals surface area contributed by atoms with Crippen LogP contribution in [0.5, 0.6) is 0 Å². The van der Waals surface area contributed by atoms with Crippen molar-refractivity contribution in [3.8, 4) is 0 Å². The number of hydrogen-bond donors (Lipinski definition) is 3. The Morgan fingerprint density at radius 3 is 0.791 bits per heavy atom. The van der Waals surface area contributed by atoms with Crippen molar-refractivity contribution in [2.75, 3.05) is 39.6 Å². The highest BCUT2D eigenvalue weighted by molar-refractivity contribution is 7.47. The van der Waals surface area contributed by atoms with Crippen molar-refractivity contribution in [3.05, 3.63) is 0 Å². The van der Waals surface area contributed by atoms with Gasteiger partial charge in [0.15, 0.2) is 12.2 Å². The summed E-state index contributed by atoms with van der Waals surface area (Å²) in [5.74, 6) is -0.698.